The molecule has 2 heterocycles. The van der Waals surface area contributed by atoms with Gasteiger partial charge in [-0.2, -0.15) is 13.2 Å². The molecule has 0 aliphatic carbocycles. The second kappa shape index (κ2) is 4.28. The van der Waals surface area contributed by atoms with Crippen molar-refractivity contribution in [3.63, 3.8) is 0 Å². The molecular weight excluding hydrogens is 305 g/mol. The van der Waals surface area contributed by atoms with Crippen LogP contribution < -0.4 is 9.47 Å². The molecule has 0 amide bonds. The Labute approximate surface area is 122 Å². The summed E-state index contributed by atoms with van der Waals surface area (Å²) in [7, 11) is 0. The monoisotopic (exact) mass is 316 g/mol. The zero-order valence-electron chi connectivity index (χ0n) is 11.6. The van der Waals surface area contributed by atoms with E-state index in [1.54, 1.807) is 0 Å². The number of aliphatic carboxylic acids is 1. The van der Waals surface area contributed by atoms with E-state index < -0.39 is 23.5 Å². The van der Waals surface area contributed by atoms with Crippen LogP contribution in [0.5, 0.6) is 11.5 Å². The van der Waals surface area contributed by atoms with Crippen molar-refractivity contribution in [3.05, 3.63) is 18.0 Å². The van der Waals surface area contributed by atoms with Crippen LogP contribution in [-0.2, 0) is 16.5 Å². The number of fused-ring (bicyclic) bond motifs is 2. The number of carboxylic acids is 1. The van der Waals surface area contributed by atoms with E-state index in [4.69, 9.17) is 9.47 Å². The van der Waals surface area contributed by atoms with Crippen LogP contribution in [0, 0.1) is 0 Å². The minimum atomic E-state index is -4.79. The number of carbonyl (C=O) groups is 1. The normalized spacial score (nSPS) is 14.6. The van der Waals surface area contributed by atoms with Gasteiger partial charge in [0.25, 0.3) is 0 Å². The number of aromatic nitrogens is 2. The Morgan fingerprint density at radius 2 is 1.86 bits per heavy atom. The Balaban J connectivity index is 2.38. The van der Waals surface area contributed by atoms with Crippen molar-refractivity contribution in [2.45, 2.75) is 25.6 Å². The predicted octanol–water partition coefficient (Wildman–Crippen LogP) is 2.60. The van der Waals surface area contributed by atoms with Gasteiger partial charge in [-0.1, -0.05) is 0 Å². The molecule has 1 N–H and O–H groups in total. The summed E-state index contributed by atoms with van der Waals surface area (Å²) in [4.78, 5) is 15.0. The number of hydrogen-bond donors (Lipinski definition) is 1. The van der Waals surface area contributed by atoms with Crippen LogP contribution in [0.3, 0.4) is 0 Å². The number of ether oxygens (including phenoxy) is 2. The Morgan fingerprint density at radius 1 is 1.27 bits per heavy atom. The fourth-order valence-electron chi connectivity index (χ4n) is 2.32. The van der Waals surface area contributed by atoms with Crippen molar-refractivity contribution in [1.82, 2.24) is 9.55 Å². The minimum absolute atomic E-state index is 0.00843. The summed E-state index contributed by atoms with van der Waals surface area (Å²) < 4.78 is 50.6. The smallest absolute Gasteiger partial charge is 0.449 e. The lowest BCUT2D eigenvalue weighted by atomic mass is 10.0. The van der Waals surface area contributed by atoms with Crippen molar-refractivity contribution in [3.8, 4) is 11.5 Å². The lowest BCUT2D eigenvalue weighted by Crippen LogP contribution is -2.38. The number of halogens is 3. The maximum Gasteiger partial charge on any atom is 0.449 e. The van der Waals surface area contributed by atoms with E-state index in [2.05, 4.69) is 4.98 Å². The van der Waals surface area contributed by atoms with Gasteiger partial charge in [0.15, 0.2) is 11.5 Å². The van der Waals surface area contributed by atoms with Crippen molar-refractivity contribution in [2.24, 2.45) is 0 Å². The highest BCUT2D eigenvalue weighted by molar-refractivity contribution is 5.85. The summed E-state index contributed by atoms with van der Waals surface area (Å²) in [6.45, 7) is 2.31. The number of benzene rings is 1. The zero-order chi connectivity index (χ0) is 16.3. The van der Waals surface area contributed by atoms with Gasteiger partial charge in [-0.05, 0) is 13.8 Å². The molecule has 0 bridgehead atoms. The summed E-state index contributed by atoms with van der Waals surface area (Å²) in [5.74, 6) is -2.16. The zero-order valence-corrected chi connectivity index (χ0v) is 11.6. The lowest BCUT2D eigenvalue weighted by Gasteiger charge is -2.25. The van der Waals surface area contributed by atoms with Gasteiger partial charge >= 0.3 is 12.1 Å². The van der Waals surface area contributed by atoms with E-state index in [1.807, 2.05) is 0 Å². The van der Waals surface area contributed by atoms with Crippen LogP contribution in [0.15, 0.2) is 12.1 Å². The molecule has 3 rings (SSSR count). The molecule has 0 unspecified atom stereocenters. The van der Waals surface area contributed by atoms with Gasteiger partial charge in [0.05, 0.1) is 11.0 Å². The summed E-state index contributed by atoms with van der Waals surface area (Å²) in [5.41, 5.74) is -1.83. The Morgan fingerprint density at radius 3 is 2.41 bits per heavy atom. The second-order valence-corrected chi connectivity index (χ2v) is 5.33. The van der Waals surface area contributed by atoms with Crippen molar-refractivity contribution in [2.75, 3.05) is 6.79 Å². The molecule has 1 aromatic heterocycles. The standard InChI is InChI=1S/C13H11F3N2O4/c1-12(2,11(19)20)18-7-4-9-8(21-5-22-9)3-6(7)17-10(18)13(14,15)16/h3-4H,5H2,1-2H3,(H,19,20). The number of imidazole rings is 1. The highest BCUT2D eigenvalue weighted by Crippen LogP contribution is 2.41. The van der Waals surface area contributed by atoms with Crippen LogP contribution in [0.1, 0.15) is 19.7 Å². The van der Waals surface area contributed by atoms with Crippen molar-refractivity contribution in [1.29, 1.82) is 0 Å². The van der Waals surface area contributed by atoms with Crippen LogP contribution in [0.2, 0.25) is 0 Å². The first-order valence-electron chi connectivity index (χ1n) is 6.25. The Hall–Kier alpha value is -2.45. The molecule has 1 aliphatic heterocycles. The molecule has 0 radical (unpaired) electrons. The molecule has 9 heteroatoms. The second-order valence-electron chi connectivity index (χ2n) is 5.33. The summed E-state index contributed by atoms with van der Waals surface area (Å²) in [6.07, 6.45) is -4.79. The third-order valence-corrected chi connectivity index (χ3v) is 3.48. The summed E-state index contributed by atoms with van der Waals surface area (Å²) in [6, 6.07) is 2.62. The third kappa shape index (κ3) is 1.96. The largest absolute Gasteiger partial charge is 0.480 e. The summed E-state index contributed by atoms with van der Waals surface area (Å²) >= 11 is 0. The molecule has 6 nitrogen and oxygen atoms in total. The third-order valence-electron chi connectivity index (χ3n) is 3.48. The highest BCUT2D eigenvalue weighted by Gasteiger charge is 2.44. The lowest BCUT2D eigenvalue weighted by molar-refractivity contribution is -0.154. The Bertz CT molecular complexity index is 780. The minimum Gasteiger partial charge on any atom is -0.480 e. The number of alkyl halides is 3. The fourth-order valence-corrected chi connectivity index (χ4v) is 2.32. The molecule has 1 aromatic carbocycles. The molecule has 1 aliphatic rings. The van der Waals surface area contributed by atoms with Crippen LogP contribution >= 0.6 is 0 Å². The van der Waals surface area contributed by atoms with E-state index in [1.165, 1.54) is 26.0 Å². The number of rotatable bonds is 2. The average Bonchev–Trinajstić information content (AvgIpc) is 2.97. The Kier molecular flexibility index (Phi) is 2.82. The van der Waals surface area contributed by atoms with E-state index in [0.717, 1.165) is 0 Å². The maximum atomic E-state index is 13.2. The molecule has 118 valence electrons. The van der Waals surface area contributed by atoms with Gasteiger partial charge < -0.3 is 19.1 Å². The van der Waals surface area contributed by atoms with E-state index >= 15 is 0 Å². The number of nitrogens with zero attached hydrogens (tertiary/aromatic N) is 2. The van der Waals surface area contributed by atoms with Crippen molar-refractivity contribution >= 4 is 17.0 Å². The predicted molar refractivity (Wildman–Crippen MR) is 67.8 cm³/mol. The van der Waals surface area contributed by atoms with Crippen LogP contribution in [0.4, 0.5) is 13.2 Å². The molecule has 0 spiro atoms. The molecule has 22 heavy (non-hydrogen) atoms. The van der Waals surface area contributed by atoms with Crippen LogP contribution in [-0.4, -0.2) is 27.4 Å². The highest BCUT2D eigenvalue weighted by atomic mass is 19.4. The molecule has 0 saturated heterocycles. The fraction of sp³-hybridized carbons (Fsp3) is 0.385. The molecule has 0 atom stereocenters. The SMILES string of the molecule is CC(C)(C(=O)O)n1c(C(F)(F)F)nc2cc3c(cc21)OCO3. The van der Waals surface area contributed by atoms with E-state index in [9.17, 15) is 23.1 Å². The van der Waals surface area contributed by atoms with Gasteiger partial charge in [-0.25, -0.2) is 9.78 Å². The molecule has 0 saturated carbocycles. The molecule has 2 aromatic rings. The first kappa shape index (κ1) is 14.5. The first-order valence-corrected chi connectivity index (χ1v) is 6.25. The van der Waals surface area contributed by atoms with Crippen molar-refractivity contribution < 1.29 is 32.5 Å². The molecular formula is C13H11F3N2O4. The number of hydrogen-bond acceptors (Lipinski definition) is 4. The topological polar surface area (TPSA) is 73.6 Å². The number of carboxylic acid groups (broad SMARTS) is 1. The van der Waals surface area contributed by atoms with E-state index in [0.29, 0.717) is 4.57 Å². The van der Waals surface area contributed by atoms with Gasteiger partial charge in [0.2, 0.25) is 12.6 Å². The van der Waals surface area contributed by atoms with Gasteiger partial charge in [-0.15, -0.1) is 0 Å². The van der Waals surface area contributed by atoms with Gasteiger partial charge in [-0.3, -0.25) is 0 Å². The van der Waals surface area contributed by atoms with Gasteiger partial charge in [0.1, 0.15) is 5.54 Å². The maximum absolute atomic E-state index is 13.2. The van der Waals surface area contributed by atoms with Gasteiger partial charge in [0, 0.05) is 12.1 Å². The molecule has 0 fully saturated rings. The van der Waals surface area contributed by atoms with Crippen LogP contribution in [0.25, 0.3) is 11.0 Å². The quantitative estimate of drug-likeness (QED) is 0.922. The average molecular weight is 316 g/mol. The van der Waals surface area contributed by atoms with E-state index in [-0.39, 0.29) is 29.3 Å². The first-order chi connectivity index (χ1) is 10.1. The summed E-state index contributed by atoms with van der Waals surface area (Å²) in [5, 5.41) is 9.28.